The van der Waals surface area contributed by atoms with Crippen LogP contribution in [0.3, 0.4) is 0 Å². The maximum atomic E-state index is 6.02. The predicted octanol–water partition coefficient (Wildman–Crippen LogP) is 12.0. The minimum atomic E-state index is 0.658. The number of hydrogen-bond acceptors (Lipinski definition) is 9. The zero-order valence-electron chi connectivity index (χ0n) is 36.1. The number of nitrogens with zero attached hydrogens (tertiary/aromatic N) is 5. The number of unbranched alkanes of at least 4 members (excludes halogenated alkanes) is 10. The normalized spacial score (nSPS) is 10.9. The first-order valence-electron chi connectivity index (χ1n) is 21.4. The van der Waals surface area contributed by atoms with Gasteiger partial charge in [0.05, 0.1) is 27.4 Å². The molecular weight excluding hydrogens is 735 g/mol. The standard InChI is InChI=1S/C50H65N5O4/c1-39(2)48-51-49(53-50(52-48)55(4)36-16-12-14-18-38-59-47-33-25-43(26-34-47)41-21-29-45(57-6)30-22-41)54(3)35-15-11-9-7-8-10-13-17-37-58-46-31-23-42(24-32-46)40-19-27-44(56-5)28-20-40/h19-34H,1,7-18,35-38H2,2-6H3. The molecule has 1 heterocycles. The second kappa shape index (κ2) is 24.4. The highest BCUT2D eigenvalue weighted by Crippen LogP contribution is 2.26. The molecule has 0 aliphatic heterocycles. The van der Waals surface area contributed by atoms with E-state index in [2.05, 4.69) is 91.1 Å². The molecular formula is C50H65N5O4. The van der Waals surface area contributed by atoms with Gasteiger partial charge in [-0.05, 0) is 109 Å². The van der Waals surface area contributed by atoms with Gasteiger partial charge in [0, 0.05) is 27.2 Å². The third-order valence-electron chi connectivity index (χ3n) is 10.5. The zero-order chi connectivity index (χ0) is 41.7. The Bertz CT molecular complexity index is 1950. The third-order valence-corrected chi connectivity index (χ3v) is 10.5. The van der Waals surface area contributed by atoms with Crippen molar-refractivity contribution in [1.29, 1.82) is 0 Å². The van der Waals surface area contributed by atoms with Gasteiger partial charge in [-0.25, -0.2) is 0 Å². The fourth-order valence-electron chi connectivity index (χ4n) is 6.84. The molecule has 314 valence electrons. The lowest BCUT2D eigenvalue weighted by molar-refractivity contribution is 0.304. The Hall–Kier alpha value is -5.57. The van der Waals surface area contributed by atoms with Crippen LogP contribution in [-0.4, -0.2) is 69.6 Å². The van der Waals surface area contributed by atoms with Crippen molar-refractivity contribution in [2.45, 2.75) is 84.0 Å². The molecule has 0 bridgehead atoms. The summed E-state index contributed by atoms with van der Waals surface area (Å²) in [6.45, 7) is 9.34. The van der Waals surface area contributed by atoms with E-state index >= 15 is 0 Å². The Labute approximate surface area is 353 Å². The number of allylic oxidation sites excluding steroid dienone is 1. The maximum Gasteiger partial charge on any atom is 0.230 e. The number of methoxy groups -OCH3 is 2. The van der Waals surface area contributed by atoms with E-state index in [1.54, 1.807) is 14.2 Å². The zero-order valence-corrected chi connectivity index (χ0v) is 36.1. The molecule has 0 saturated carbocycles. The molecule has 4 aromatic carbocycles. The molecule has 0 unspecified atom stereocenters. The summed E-state index contributed by atoms with van der Waals surface area (Å²) in [5.41, 5.74) is 5.51. The van der Waals surface area contributed by atoms with Gasteiger partial charge in [0.2, 0.25) is 11.9 Å². The summed E-state index contributed by atoms with van der Waals surface area (Å²) in [5, 5.41) is 0. The Morgan fingerprint density at radius 1 is 0.441 bits per heavy atom. The molecule has 0 aliphatic rings. The molecule has 0 atom stereocenters. The fourth-order valence-corrected chi connectivity index (χ4v) is 6.84. The lowest BCUT2D eigenvalue weighted by atomic mass is 10.1. The molecule has 0 aliphatic carbocycles. The van der Waals surface area contributed by atoms with Gasteiger partial charge in [-0.3, -0.25) is 0 Å². The van der Waals surface area contributed by atoms with E-state index < -0.39 is 0 Å². The Balaban J connectivity index is 0.902. The summed E-state index contributed by atoms with van der Waals surface area (Å²) in [6, 6.07) is 32.9. The summed E-state index contributed by atoms with van der Waals surface area (Å²) in [4.78, 5) is 18.6. The predicted molar refractivity (Wildman–Crippen MR) is 244 cm³/mol. The average Bonchev–Trinajstić information content (AvgIpc) is 3.28. The van der Waals surface area contributed by atoms with Gasteiger partial charge in [-0.1, -0.05) is 106 Å². The molecule has 0 radical (unpaired) electrons. The van der Waals surface area contributed by atoms with Crippen LogP contribution in [-0.2, 0) is 0 Å². The summed E-state index contributed by atoms with van der Waals surface area (Å²) < 4.78 is 22.6. The molecule has 0 saturated heterocycles. The van der Waals surface area contributed by atoms with Crippen molar-refractivity contribution < 1.29 is 18.9 Å². The van der Waals surface area contributed by atoms with Gasteiger partial charge in [0.25, 0.3) is 0 Å². The smallest absolute Gasteiger partial charge is 0.230 e. The molecule has 1 aromatic heterocycles. The number of rotatable bonds is 27. The molecule has 9 heteroatoms. The Morgan fingerprint density at radius 2 is 0.746 bits per heavy atom. The monoisotopic (exact) mass is 800 g/mol. The SMILES string of the molecule is C=C(C)c1nc(N(C)CCCCCCCCCCOc2ccc(-c3ccc(OC)cc3)cc2)nc(N(C)CCCCCCOc2ccc(-c3ccc(OC)cc3)cc2)n1. The Kier molecular flexibility index (Phi) is 18.4. The van der Waals surface area contributed by atoms with Crippen molar-refractivity contribution in [3.8, 4) is 45.3 Å². The van der Waals surface area contributed by atoms with E-state index in [4.69, 9.17) is 33.9 Å². The molecule has 5 aromatic rings. The topological polar surface area (TPSA) is 82.1 Å². The van der Waals surface area contributed by atoms with E-state index in [9.17, 15) is 0 Å². The maximum absolute atomic E-state index is 6.02. The largest absolute Gasteiger partial charge is 0.497 e. The van der Waals surface area contributed by atoms with Crippen LogP contribution >= 0.6 is 0 Å². The quantitative estimate of drug-likeness (QED) is 0.0482. The minimum Gasteiger partial charge on any atom is -0.497 e. The van der Waals surface area contributed by atoms with Gasteiger partial charge >= 0.3 is 0 Å². The van der Waals surface area contributed by atoms with Gasteiger partial charge in [0.1, 0.15) is 23.0 Å². The highest BCUT2D eigenvalue weighted by Gasteiger charge is 2.14. The molecule has 59 heavy (non-hydrogen) atoms. The Morgan fingerprint density at radius 3 is 1.07 bits per heavy atom. The number of benzene rings is 4. The molecule has 0 amide bonds. The van der Waals surface area contributed by atoms with Crippen molar-refractivity contribution in [2.24, 2.45) is 0 Å². The second-order valence-electron chi connectivity index (χ2n) is 15.3. The van der Waals surface area contributed by atoms with Gasteiger partial charge in [-0.15, -0.1) is 0 Å². The highest BCUT2D eigenvalue weighted by atomic mass is 16.5. The van der Waals surface area contributed by atoms with E-state index in [-0.39, 0.29) is 0 Å². The summed E-state index contributed by atoms with van der Waals surface area (Å²) in [6.07, 6.45) is 13.9. The van der Waals surface area contributed by atoms with Crippen molar-refractivity contribution in [1.82, 2.24) is 15.0 Å². The first-order chi connectivity index (χ1) is 28.8. The molecule has 9 nitrogen and oxygen atoms in total. The van der Waals surface area contributed by atoms with E-state index in [1.807, 2.05) is 43.3 Å². The number of aromatic nitrogens is 3. The van der Waals surface area contributed by atoms with Gasteiger partial charge in [-0.2, -0.15) is 15.0 Å². The fraction of sp³-hybridized carbons (Fsp3) is 0.420. The highest BCUT2D eigenvalue weighted by molar-refractivity contribution is 5.66. The first kappa shape index (κ1) is 44.5. The molecule has 5 rings (SSSR count). The number of ether oxygens (including phenoxy) is 4. The van der Waals surface area contributed by atoms with Crippen LogP contribution in [0.2, 0.25) is 0 Å². The summed E-state index contributed by atoms with van der Waals surface area (Å²) in [7, 11) is 7.52. The summed E-state index contributed by atoms with van der Waals surface area (Å²) >= 11 is 0. The first-order valence-corrected chi connectivity index (χ1v) is 21.4. The van der Waals surface area contributed by atoms with Crippen molar-refractivity contribution >= 4 is 17.5 Å². The van der Waals surface area contributed by atoms with E-state index in [0.29, 0.717) is 24.3 Å². The van der Waals surface area contributed by atoms with E-state index in [1.165, 1.54) is 49.7 Å². The van der Waals surface area contributed by atoms with Crippen molar-refractivity contribution in [3.05, 3.63) is 109 Å². The average molecular weight is 800 g/mol. The van der Waals surface area contributed by atoms with Crippen molar-refractivity contribution in [2.75, 3.05) is 64.4 Å². The van der Waals surface area contributed by atoms with Gasteiger partial charge < -0.3 is 28.7 Å². The number of anilines is 2. The molecule has 0 fully saturated rings. The minimum absolute atomic E-state index is 0.658. The molecule has 0 N–H and O–H groups in total. The van der Waals surface area contributed by atoms with Gasteiger partial charge in [0.15, 0.2) is 5.82 Å². The van der Waals surface area contributed by atoms with Crippen LogP contribution in [0.25, 0.3) is 27.8 Å². The van der Waals surface area contributed by atoms with Crippen LogP contribution in [0.5, 0.6) is 23.0 Å². The van der Waals surface area contributed by atoms with Crippen molar-refractivity contribution in [3.63, 3.8) is 0 Å². The second-order valence-corrected chi connectivity index (χ2v) is 15.3. The number of hydrogen-bond donors (Lipinski definition) is 0. The van der Waals surface area contributed by atoms with Crippen LogP contribution < -0.4 is 28.7 Å². The van der Waals surface area contributed by atoms with Crippen LogP contribution in [0.15, 0.2) is 104 Å². The van der Waals surface area contributed by atoms with Crippen LogP contribution in [0.1, 0.15) is 89.8 Å². The lowest BCUT2D eigenvalue weighted by Crippen LogP contribution is -2.26. The van der Waals surface area contributed by atoms with E-state index in [0.717, 1.165) is 97.9 Å². The summed E-state index contributed by atoms with van der Waals surface area (Å²) in [5.74, 6) is 5.63. The molecule has 0 spiro atoms. The van der Waals surface area contributed by atoms with Crippen LogP contribution in [0.4, 0.5) is 11.9 Å². The third kappa shape index (κ3) is 15.0. The lowest BCUT2D eigenvalue weighted by Gasteiger charge is -2.22. The van der Waals surface area contributed by atoms with Crippen LogP contribution in [0, 0.1) is 0 Å².